The Hall–Kier alpha value is -2.43. The molecule has 0 heterocycles. The van der Waals surface area contributed by atoms with Gasteiger partial charge in [0.05, 0.1) is 19.3 Å². The molecule has 1 atom stereocenters. The maximum absolute atomic E-state index is 12.4. The number of Topliss-reactive ketones (excluding diaryl/α,β-unsaturated/α-hetero) is 1. The van der Waals surface area contributed by atoms with E-state index in [0.29, 0.717) is 36.0 Å². The van der Waals surface area contributed by atoms with E-state index in [1.165, 1.54) is 7.11 Å². The van der Waals surface area contributed by atoms with Crippen LogP contribution >= 0.6 is 0 Å². The minimum absolute atomic E-state index is 0.155. The van der Waals surface area contributed by atoms with Crippen LogP contribution in [-0.2, 0) is 19.1 Å². The third-order valence-electron chi connectivity index (χ3n) is 4.23. The highest BCUT2D eigenvalue weighted by Gasteiger charge is 2.52. The van der Waals surface area contributed by atoms with E-state index < -0.39 is 17.4 Å². The number of carbonyl (C=O) groups excluding carboxylic acids is 3. The van der Waals surface area contributed by atoms with Gasteiger partial charge in [0, 0.05) is 6.42 Å². The van der Waals surface area contributed by atoms with Crippen LogP contribution in [0.2, 0.25) is 0 Å². The molecule has 0 aliphatic heterocycles. The number of hydrogen-bond donors (Lipinski definition) is 0. The summed E-state index contributed by atoms with van der Waals surface area (Å²) in [7, 11) is 1.31. The molecular formula is C18H20O5. The van der Waals surface area contributed by atoms with Crippen molar-refractivity contribution in [2.75, 3.05) is 13.7 Å². The zero-order valence-electron chi connectivity index (χ0n) is 13.4. The second kappa shape index (κ2) is 6.77. The van der Waals surface area contributed by atoms with Crippen molar-refractivity contribution in [1.82, 2.24) is 0 Å². The highest BCUT2D eigenvalue weighted by Crippen LogP contribution is 2.46. The van der Waals surface area contributed by atoms with Gasteiger partial charge >= 0.3 is 11.9 Å². The Kier molecular flexibility index (Phi) is 4.98. The fraction of sp³-hybridized carbons (Fsp3) is 0.389. The lowest BCUT2D eigenvalue weighted by atomic mass is 9.75. The predicted octanol–water partition coefficient (Wildman–Crippen LogP) is 2.79. The molecule has 0 saturated heterocycles. The van der Waals surface area contributed by atoms with Gasteiger partial charge in [0.25, 0.3) is 0 Å². The lowest BCUT2D eigenvalue weighted by Gasteiger charge is -2.27. The van der Waals surface area contributed by atoms with Crippen LogP contribution < -0.4 is 0 Å². The normalized spacial score (nSPS) is 20.2. The molecule has 2 rings (SSSR count). The Labute approximate surface area is 135 Å². The predicted molar refractivity (Wildman–Crippen MR) is 84.7 cm³/mol. The first-order valence-electron chi connectivity index (χ1n) is 7.56. The van der Waals surface area contributed by atoms with E-state index in [2.05, 4.69) is 11.3 Å². The number of carbonyl (C=O) groups is 3. The number of ether oxygens (including phenoxy) is 2. The summed E-state index contributed by atoms with van der Waals surface area (Å²) >= 11 is 0. The SMILES string of the molecule is C=C(c1ccc(C(=O)OC)cc1)[C@]1(C(=O)OCC)CCCC1=O. The summed E-state index contributed by atoms with van der Waals surface area (Å²) in [4.78, 5) is 36.3. The Morgan fingerprint density at radius 2 is 1.83 bits per heavy atom. The number of rotatable bonds is 5. The fourth-order valence-electron chi connectivity index (χ4n) is 2.95. The molecular weight excluding hydrogens is 296 g/mol. The molecule has 5 nitrogen and oxygen atoms in total. The third kappa shape index (κ3) is 2.91. The lowest BCUT2D eigenvalue weighted by Crippen LogP contribution is -2.37. The van der Waals surface area contributed by atoms with Gasteiger partial charge in [-0.15, -0.1) is 0 Å². The van der Waals surface area contributed by atoms with Crippen molar-refractivity contribution in [3.05, 3.63) is 42.0 Å². The van der Waals surface area contributed by atoms with Crippen molar-refractivity contribution in [3.8, 4) is 0 Å². The first-order chi connectivity index (χ1) is 11.0. The second-order valence-corrected chi connectivity index (χ2v) is 5.45. The first kappa shape index (κ1) is 16.9. The van der Waals surface area contributed by atoms with Gasteiger partial charge in [-0.1, -0.05) is 18.7 Å². The second-order valence-electron chi connectivity index (χ2n) is 5.45. The maximum Gasteiger partial charge on any atom is 0.337 e. The summed E-state index contributed by atoms with van der Waals surface area (Å²) < 4.78 is 9.78. The Morgan fingerprint density at radius 1 is 1.22 bits per heavy atom. The van der Waals surface area contributed by atoms with E-state index in [1.54, 1.807) is 31.2 Å². The quantitative estimate of drug-likeness (QED) is 0.617. The van der Waals surface area contributed by atoms with Crippen LogP contribution in [0.3, 0.4) is 0 Å². The zero-order valence-corrected chi connectivity index (χ0v) is 13.4. The molecule has 0 spiro atoms. The summed E-state index contributed by atoms with van der Waals surface area (Å²) in [6.07, 6.45) is 1.39. The van der Waals surface area contributed by atoms with E-state index >= 15 is 0 Å². The molecule has 1 fully saturated rings. The topological polar surface area (TPSA) is 69.7 Å². The van der Waals surface area contributed by atoms with Crippen molar-refractivity contribution in [1.29, 1.82) is 0 Å². The maximum atomic E-state index is 12.4. The molecule has 0 N–H and O–H groups in total. The molecule has 0 bridgehead atoms. The van der Waals surface area contributed by atoms with Gasteiger partial charge in [0.2, 0.25) is 0 Å². The Bertz CT molecular complexity index is 644. The number of hydrogen-bond acceptors (Lipinski definition) is 5. The third-order valence-corrected chi connectivity index (χ3v) is 4.23. The summed E-state index contributed by atoms with van der Waals surface area (Å²) in [5.41, 5.74) is 0.158. The molecule has 1 aromatic carbocycles. The van der Waals surface area contributed by atoms with Crippen molar-refractivity contribution in [2.24, 2.45) is 5.41 Å². The largest absolute Gasteiger partial charge is 0.465 e. The molecule has 0 amide bonds. The number of esters is 2. The fourth-order valence-corrected chi connectivity index (χ4v) is 2.95. The molecule has 0 aromatic heterocycles. The van der Waals surface area contributed by atoms with Gasteiger partial charge in [-0.25, -0.2) is 4.79 Å². The lowest BCUT2D eigenvalue weighted by molar-refractivity contribution is -0.154. The van der Waals surface area contributed by atoms with Crippen LogP contribution in [0, 0.1) is 5.41 Å². The number of ketones is 1. The van der Waals surface area contributed by atoms with Crippen LogP contribution in [0.25, 0.3) is 5.57 Å². The Morgan fingerprint density at radius 3 is 2.30 bits per heavy atom. The molecule has 1 saturated carbocycles. The minimum atomic E-state index is -1.30. The Balaban J connectivity index is 2.37. The van der Waals surface area contributed by atoms with E-state index in [0.717, 1.165) is 0 Å². The van der Waals surface area contributed by atoms with E-state index in [-0.39, 0.29) is 12.4 Å². The summed E-state index contributed by atoms with van der Waals surface area (Å²) in [6, 6.07) is 6.51. The van der Waals surface area contributed by atoms with Crippen molar-refractivity contribution in [2.45, 2.75) is 26.2 Å². The van der Waals surface area contributed by atoms with E-state index in [9.17, 15) is 14.4 Å². The molecule has 122 valence electrons. The van der Waals surface area contributed by atoms with Gasteiger partial charge in [-0.3, -0.25) is 9.59 Å². The summed E-state index contributed by atoms with van der Waals surface area (Å²) in [5, 5.41) is 0. The molecule has 0 unspecified atom stereocenters. The smallest absolute Gasteiger partial charge is 0.337 e. The zero-order chi connectivity index (χ0) is 17.0. The van der Waals surface area contributed by atoms with Gasteiger partial charge in [-0.2, -0.15) is 0 Å². The molecule has 1 aromatic rings. The van der Waals surface area contributed by atoms with Gasteiger partial charge in [-0.05, 0) is 43.0 Å². The molecule has 1 aliphatic rings. The van der Waals surface area contributed by atoms with Crippen LogP contribution in [0.15, 0.2) is 30.8 Å². The van der Waals surface area contributed by atoms with Gasteiger partial charge < -0.3 is 9.47 Å². The number of methoxy groups -OCH3 is 1. The standard InChI is InChI=1S/C18H20O5/c1-4-23-17(21)18(11-5-6-15(18)19)12(2)13-7-9-14(10-8-13)16(20)22-3/h7-10H,2,4-6,11H2,1,3H3/t18-/m1/s1. The average Bonchev–Trinajstić information content (AvgIpc) is 2.96. The van der Waals surface area contributed by atoms with Gasteiger partial charge in [0.1, 0.15) is 0 Å². The molecule has 0 radical (unpaired) electrons. The van der Waals surface area contributed by atoms with Crippen LogP contribution in [0.4, 0.5) is 0 Å². The van der Waals surface area contributed by atoms with E-state index in [1.807, 2.05) is 0 Å². The van der Waals surface area contributed by atoms with Crippen molar-refractivity contribution in [3.63, 3.8) is 0 Å². The van der Waals surface area contributed by atoms with E-state index in [4.69, 9.17) is 4.74 Å². The highest BCUT2D eigenvalue weighted by molar-refractivity contribution is 6.15. The number of benzene rings is 1. The summed E-state index contributed by atoms with van der Waals surface area (Å²) in [5.74, 6) is -1.14. The van der Waals surface area contributed by atoms with Crippen LogP contribution in [0.5, 0.6) is 0 Å². The van der Waals surface area contributed by atoms with Crippen LogP contribution in [-0.4, -0.2) is 31.4 Å². The van der Waals surface area contributed by atoms with Crippen molar-refractivity contribution < 1.29 is 23.9 Å². The monoisotopic (exact) mass is 316 g/mol. The molecule has 23 heavy (non-hydrogen) atoms. The van der Waals surface area contributed by atoms with Crippen molar-refractivity contribution >= 4 is 23.3 Å². The summed E-state index contributed by atoms with van der Waals surface area (Å²) in [6.45, 7) is 5.91. The van der Waals surface area contributed by atoms with Gasteiger partial charge in [0.15, 0.2) is 11.2 Å². The first-order valence-corrected chi connectivity index (χ1v) is 7.56. The average molecular weight is 316 g/mol. The molecule has 1 aliphatic carbocycles. The van der Waals surface area contributed by atoms with Crippen LogP contribution in [0.1, 0.15) is 42.1 Å². The highest BCUT2D eigenvalue weighted by atomic mass is 16.5. The molecule has 5 heteroatoms. The minimum Gasteiger partial charge on any atom is -0.465 e.